The summed E-state index contributed by atoms with van der Waals surface area (Å²) < 4.78 is 1.49. The lowest BCUT2D eigenvalue weighted by Gasteiger charge is -2.05. The average molecular weight is 278 g/mol. The summed E-state index contributed by atoms with van der Waals surface area (Å²) in [6, 6.07) is 14.2. The number of benzene rings is 2. The average Bonchev–Trinajstić information content (AvgIpc) is 2.92. The molecule has 0 fully saturated rings. The fourth-order valence-corrected chi connectivity index (χ4v) is 2.17. The minimum atomic E-state index is -1.02. The molecule has 0 atom stereocenters. The maximum Gasteiger partial charge on any atom is 0.337 e. The summed E-state index contributed by atoms with van der Waals surface area (Å²) in [6.45, 7) is 0. The van der Waals surface area contributed by atoms with Crippen LogP contribution in [0.4, 0.5) is 0 Å². The highest BCUT2D eigenvalue weighted by molar-refractivity contribution is 6.01. The van der Waals surface area contributed by atoms with Gasteiger partial charge in [-0.2, -0.15) is 5.26 Å². The van der Waals surface area contributed by atoms with E-state index in [9.17, 15) is 9.90 Å². The smallest absolute Gasteiger partial charge is 0.337 e. The van der Waals surface area contributed by atoms with E-state index >= 15 is 0 Å². The van der Waals surface area contributed by atoms with Crippen LogP contribution in [-0.4, -0.2) is 26.1 Å². The van der Waals surface area contributed by atoms with Gasteiger partial charge in [0.2, 0.25) is 0 Å². The van der Waals surface area contributed by atoms with Gasteiger partial charge in [0.05, 0.1) is 23.7 Å². The molecule has 6 heteroatoms. The first kappa shape index (κ1) is 12.8. The van der Waals surface area contributed by atoms with Gasteiger partial charge in [0.25, 0.3) is 0 Å². The summed E-state index contributed by atoms with van der Waals surface area (Å²) in [4.78, 5) is 11.3. The number of fused-ring (bicyclic) bond motifs is 1. The van der Waals surface area contributed by atoms with Crippen molar-refractivity contribution < 1.29 is 9.90 Å². The molecule has 0 aliphatic rings. The van der Waals surface area contributed by atoms with Crippen LogP contribution in [0.1, 0.15) is 15.9 Å². The van der Waals surface area contributed by atoms with Crippen LogP contribution in [0.25, 0.3) is 16.7 Å². The molecule has 0 saturated carbocycles. The van der Waals surface area contributed by atoms with Gasteiger partial charge < -0.3 is 5.11 Å². The molecule has 0 bridgehead atoms. The molecule has 6 nitrogen and oxygen atoms in total. The number of carboxylic acids is 1. The van der Waals surface area contributed by atoms with E-state index in [1.165, 1.54) is 10.7 Å². The molecule has 21 heavy (non-hydrogen) atoms. The number of hydrogen-bond donors (Lipinski definition) is 1. The fraction of sp³-hybridized carbons (Fsp3) is 0.0667. The molecule has 0 aliphatic carbocycles. The Balaban J connectivity index is 2.16. The number of carboxylic acid groups (broad SMARTS) is 1. The Bertz CT molecular complexity index is 860. The van der Waals surface area contributed by atoms with E-state index < -0.39 is 5.97 Å². The third-order valence-electron chi connectivity index (χ3n) is 3.16. The molecule has 0 radical (unpaired) electrons. The van der Waals surface area contributed by atoms with E-state index in [1.54, 1.807) is 24.3 Å². The Morgan fingerprint density at radius 1 is 1.24 bits per heavy atom. The second-order valence-corrected chi connectivity index (χ2v) is 4.48. The molecular formula is C15H10N4O2. The predicted octanol–water partition coefficient (Wildman–Crippen LogP) is 2.18. The van der Waals surface area contributed by atoms with Crippen LogP contribution < -0.4 is 0 Å². The van der Waals surface area contributed by atoms with Crippen LogP contribution in [0.5, 0.6) is 0 Å². The van der Waals surface area contributed by atoms with Crippen LogP contribution in [-0.2, 0) is 6.42 Å². The fourth-order valence-electron chi connectivity index (χ4n) is 2.17. The molecule has 0 aliphatic heterocycles. The highest BCUT2D eigenvalue weighted by atomic mass is 16.4. The quantitative estimate of drug-likeness (QED) is 0.792. The molecular weight excluding hydrogens is 268 g/mol. The minimum Gasteiger partial charge on any atom is -0.478 e. The van der Waals surface area contributed by atoms with Gasteiger partial charge >= 0.3 is 5.97 Å². The van der Waals surface area contributed by atoms with Crippen molar-refractivity contribution in [2.75, 3.05) is 0 Å². The number of nitrogens with zero attached hydrogens (tertiary/aromatic N) is 4. The zero-order valence-corrected chi connectivity index (χ0v) is 10.9. The van der Waals surface area contributed by atoms with E-state index in [0.29, 0.717) is 23.1 Å². The van der Waals surface area contributed by atoms with Crippen LogP contribution in [0.15, 0.2) is 42.5 Å². The van der Waals surface area contributed by atoms with E-state index in [1.807, 2.05) is 12.1 Å². The summed E-state index contributed by atoms with van der Waals surface area (Å²) in [6.07, 6.45) is 0.332. The maximum absolute atomic E-state index is 11.3. The van der Waals surface area contributed by atoms with Crippen molar-refractivity contribution in [3.8, 4) is 11.8 Å². The first-order valence-electron chi connectivity index (χ1n) is 6.24. The molecule has 0 spiro atoms. The number of carbonyl (C=O) groups is 1. The Kier molecular flexibility index (Phi) is 3.09. The number of nitriles is 1. The van der Waals surface area contributed by atoms with Crippen molar-refractivity contribution in [1.82, 2.24) is 15.0 Å². The number of rotatable bonds is 3. The van der Waals surface area contributed by atoms with E-state index in [2.05, 4.69) is 16.4 Å². The molecule has 102 valence electrons. The van der Waals surface area contributed by atoms with Gasteiger partial charge in [0.15, 0.2) is 0 Å². The van der Waals surface area contributed by atoms with Crippen LogP contribution in [0.2, 0.25) is 0 Å². The molecule has 3 aromatic rings. The number of aromatic nitrogens is 3. The first-order valence-corrected chi connectivity index (χ1v) is 6.24. The van der Waals surface area contributed by atoms with Crippen LogP contribution in [0.3, 0.4) is 0 Å². The summed E-state index contributed by atoms with van der Waals surface area (Å²) in [5, 5.41) is 26.0. The highest BCUT2D eigenvalue weighted by Gasteiger charge is 2.15. The lowest BCUT2D eigenvalue weighted by Crippen LogP contribution is -2.03. The van der Waals surface area contributed by atoms with Crippen molar-refractivity contribution in [3.05, 3.63) is 53.6 Å². The zero-order chi connectivity index (χ0) is 14.8. The lowest BCUT2D eigenvalue weighted by atomic mass is 10.1. The zero-order valence-electron chi connectivity index (χ0n) is 10.9. The summed E-state index contributed by atoms with van der Waals surface area (Å²) >= 11 is 0. The third kappa shape index (κ3) is 2.21. The van der Waals surface area contributed by atoms with Gasteiger partial charge in [-0.05, 0) is 29.8 Å². The van der Waals surface area contributed by atoms with Crippen molar-refractivity contribution in [3.63, 3.8) is 0 Å². The monoisotopic (exact) mass is 278 g/mol. The van der Waals surface area contributed by atoms with Gasteiger partial charge in [-0.1, -0.05) is 23.4 Å². The summed E-state index contributed by atoms with van der Waals surface area (Å²) in [5.41, 5.74) is 2.73. The SMILES string of the molecule is N#CCc1ccc(-n2nnc3cccc(C(=O)O)c32)cc1. The van der Waals surface area contributed by atoms with Gasteiger partial charge in [-0.25, -0.2) is 9.48 Å². The third-order valence-corrected chi connectivity index (χ3v) is 3.16. The number of hydrogen-bond acceptors (Lipinski definition) is 4. The van der Waals surface area contributed by atoms with E-state index in [4.69, 9.17) is 5.26 Å². The topological polar surface area (TPSA) is 91.8 Å². The van der Waals surface area contributed by atoms with Crippen molar-refractivity contribution in [1.29, 1.82) is 5.26 Å². The highest BCUT2D eigenvalue weighted by Crippen LogP contribution is 2.20. The van der Waals surface area contributed by atoms with Gasteiger partial charge in [0.1, 0.15) is 11.0 Å². The predicted molar refractivity (Wildman–Crippen MR) is 75.1 cm³/mol. The second kappa shape index (κ2) is 5.06. The molecule has 1 heterocycles. The van der Waals surface area contributed by atoms with Crippen molar-refractivity contribution in [2.45, 2.75) is 6.42 Å². The first-order chi connectivity index (χ1) is 10.2. The van der Waals surface area contributed by atoms with Crippen molar-refractivity contribution >= 4 is 17.0 Å². The normalized spacial score (nSPS) is 10.4. The lowest BCUT2D eigenvalue weighted by molar-refractivity contribution is 0.0698. The molecule has 2 aromatic carbocycles. The maximum atomic E-state index is 11.3. The summed E-state index contributed by atoms with van der Waals surface area (Å²) in [5.74, 6) is -1.02. The van der Waals surface area contributed by atoms with Gasteiger partial charge in [-0.3, -0.25) is 0 Å². The van der Waals surface area contributed by atoms with Gasteiger partial charge in [0, 0.05) is 0 Å². The Morgan fingerprint density at radius 3 is 2.67 bits per heavy atom. The second-order valence-electron chi connectivity index (χ2n) is 4.48. The minimum absolute atomic E-state index is 0.151. The molecule has 3 rings (SSSR count). The Hall–Kier alpha value is -3.20. The summed E-state index contributed by atoms with van der Waals surface area (Å²) in [7, 11) is 0. The molecule has 1 N–H and O–H groups in total. The Morgan fingerprint density at radius 2 is 2.00 bits per heavy atom. The largest absolute Gasteiger partial charge is 0.478 e. The molecule has 1 aromatic heterocycles. The number of aromatic carboxylic acids is 1. The van der Waals surface area contributed by atoms with E-state index in [0.717, 1.165) is 5.56 Å². The van der Waals surface area contributed by atoms with Crippen molar-refractivity contribution in [2.24, 2.45) is 0 Å². The Labute approximate surface area is 119 Å². The van der Waals surface area contributed by atoms with Crippen LogP contribution in [0, 0.1) is 11.3 Å². The molecule has 0 amide bonds. The van der Waals surface area contributed by atoms with Gasteiger partial charge in [-0.15, -0.1) is 5.10 Å². The molecule has 0 unspecified atom stereocenters. The molecule has 0 saturated heterocycles. The van der Waals surface area contributed by atoms with Crippen LogP contribution >= 0.6 is 0 Å². The van der Waals surface area contributed by atoms with E-state index in [-0.39, 0.29) is 5.56 Å². The standard InChI is InChI=1S/C15H10N4O2/c16-9-8-10-4-6-11(7-5-10)19-14-12(15(20)21)2-1-3-13(14)17-18-19/h1-7H,8H2,(H,20,21). The number of para-hydroxylation sites is 1.